The van der Waals surface area contributed by atoms with Crippen molar-refractivity contribution < 1.29 is 13.9 Å². The zero-order valence-electron chi connectivity index (χ0n) is 15.7. The Balaban J connectivity index is 1.68. The molecule has 0 spiro atoms. The molecule has 154 valence electrons. The van der Waals surface area contributed by atoms with Gasteiger partial charge >= 0.3 is 6.03 Å². The lowest BCUT2D eigenvalue weighted by Crippen LogP contribution is -2.30. The molecule has 0 radical (unpaired) electrons. The molecule has 1 aliphatic rings. The van der Waals surface area contributed by atoms with Crippen LogP contribution in [-0.4, -0.2) is 28.0 Å². The third kappa shape index (κ3) is 3.78. The van der Waals surface area contributed by atoms with Crippen molar-refractivity contribution in [3.63, 3.8) is 0 Å². The lowest BCUT2D eigenvalue weighted by Gasteiger charge is -2.16. The molecule has 0 atom stereocenters. The van der Waals surface area contributed by atoms with Crippen LogP contribution in [-0.2, 0) is 13.1 Å². The van der Waals surface area contributed by atoms with E-state index in [2.05, 4.69) is 31.2 Å². The molecule has 1 aliphatic heterocycles. The van der Waals surface area contributed by atoms with Crippen molar-refractivity contribution in [2.45, 2.75) is 13.1 Å². The fourth-order valence-electron chi connectivity index (χ4n) is 3.26. The fraction of sp³-hybridized carbons (Fsp3) is 0.150. The summed E-state index contributed by atoms with van der Waals surface area (Å²) in [5, 5.41) is 3.02. The van der Waals surface area contributed by atoms with Gasteiger partial charge in [-0.2, -0.15) is 0 Å². The van der Waals surface area contributed by atoms with Gasteiger partial charge in [0.15, 0.2) is 0 Å². The van der Waals surface area contributed by atoms with Crippen LogP contribution in [0.15, 0.2) is 40.9 Å². The number of benzene rings is 2. The molecule has 0 saturated carbocycles. The molecule has 0 bridgehead atoms. The van der Waals surface area contributed by atoms with Gasteiger partial charge in [-0.15, -0.1) is 0 Å². The molecule has 7 nitrogen and oxygen atoms in total. The maximum Gasteiger partial charge on any atom is 0.322 e. The van der Waals surface area contributed by atoms with Crippen LogP contribution in [0.25, 0.3) is 11.3 Å². The SMILES string of the molecule is COc1cc(-c2nc(N)nc3c2CN(C(=O)Nc2ccccc2F)C3)c(Cl)cc1Br. The Morgan fingerprint density at radius 3 is 2.80 bits per heavy atom. The average molecular weight is 493 g/mol. The maximum atomic E-state index is 13.9. The molecular formula is C20H16BrClFN5O2. The molecule has 1 aromatic heterocycles. The summed E-state index contributed by atoms with van der Waals surface area (Å²) in [6, 6.07) is 8.97. The number of nitrogens with two attached hydrogens (primary N) is 1. The molecule has 2 amide bonds. The molecule has 10 heteroatoms. The van der Waals surface area contributed by atoms with Crippen molar-refractivity contribution in [3.05, 3.63) is 63.0 Å². The number of hydrogen-bond acceptors (Lipinski definition) is 5. The number of anilines is 2. The van der Waals surface area contributed by atoms with Crippen LogP contribution in [0.1, 0.15) is 11.3 Å². The topological polar surface area (TPSA) is 93.4 Å². The number of carbonyl (C=O) groups is 1. The number of carbonyl (C=O) groups excluding carboxylic acids is 1. The van der Waals surface area contributed by atoms with Gasteiger partial charge in [0.1, 0.15) is 11.6 Å². The summed E-state index contributed by atoms with van der Waals surface area (Å²) in [6.45, 7) is 0.431. The number of para-hydroxylation sites is 1. The first-order valence-electron chi connectivity index (χ1n) is 8.86. The summed E-state index contributed by atoms with van der Waals surface area (Å²) in [6.07, 6.45) is 0. The Hall–Kier alpha value is -2.91. The van der Waals surface area contributed by atoms with Gasteiger partial charge < -0.3 is 20.7 Å². The van der Waals surface area contributed by atoms with Gasteiger partial charge in [-0.3, -0.25) is 0 Å². The fourth-order valence-corrected chi connectivity index (χ4v) is 4.15. The Kier molecular flexibility index (Phi) is 5.48. The van der Waals surface area contributed by atoms with E-state index >= 15 is 0 Å². The van der Waals surface area contributed by atoms with E-state index in [0.717, 1.165) is 5.56 Å². The minimum Gasteiger partial charge on any atom is -0.496 e. The molecule has 30 heavy (non-hydrogen) atoms. The normalized spacial score (nSPS) is 12.6. The van der Waals surface area contributed by atoms with E-state index in [9.17, 15) is 9.18 Å². The average Bonchev–Trinajstić information content (AvgIpc) is 3.13. The second kappa shape index (κ2) is 8.08. The van der Waals surface area contributed by atoms with Crippen molar-refractivity contribution in [2.24, 2.45) is 0 Å². The molecular weight excluding hydrogens is 477 g/mol. The second-order valence-corrected chi connectivity index (χ2v) is 7.85. The minimum atomic E-state index is -0.513. The summed E-state index contributed by atoms with van der Waals surface area (Å²) in [5.41, 5.74) is 8.48. The van der Waals surface area contributed by atoms with Crippen LogP contribution in [0.3, 0.4) is 0 Å². The summed E-state index contributed by atoms with van der Waals surface area (Å²) >= 11 is 9.85. The van der Waals surface area contributed by atoms with Crippen LogP contribution in [0, 0.1) is 5.82 Å². The van der Waals surface area contributed by atoms with Gasteiger partial charge in [-0.1, -0.05) is 23.7 Å². The van der Waals surface area contributed by atoms with Crippen molar-refractivity contribution in [1.29, 1.82) is 0 Å². The number of amides is 2. The van der Waals surface area contributed by atoms with Crippen LogP contribution >= 0.6 is 27.5 Å². The second-order valence-electron chi connectivity index (χ2n) is 6.59. The zero-order chi connectivity index (χ0) is 21.4. The van der Waals surface area contributed by atoms with Crippen molar-refractivity contribution in [2.75, 3.05) is 18.2 Å². The van der Waals surface area contributed by atoms with Crippen molar-refractivity contribution >= 4 is 45.2 Å². The van der Waals surface area contributed by atoms with Gasteiger partial charge in [0.05, 0.1) is 46.8 Å². The number of rotatable bonds is 3. The number of halogens is 3. The van der Waals surface area contributed by atoms with Crippen molar-refractivity contribution in [1.82, 2.24) is 14.9 Å². The zero-order valence-corrected chi connectivity index (χ0v) is 18.1. The Morgan fingerprint density at radius 2 is 2.07 bits per heavy atom. The number of fused-ring (bicyclic) bond motifs is 1. The van der Waals surface area contributed by atoms with E-state index in [1.165, 1.54) is 17.0 Å². The van der Waals surface area contributed by atoms with E-state index in [-0.39, 0.29) is 24.7 Å². The van der Waals surface area contributed by atoms with E-state index in [1.54, 1.807) is 31.4 Å². The molecule has 3 aromatic rings. The standard InChI is InChI=1S/C20H16BrClFN5O2/c1-30-17-6-10(13(22)7-12(17)21)18-11-8-28(9-16(11)25-19(24)27-18)20(29)26-15-5-3-2-4-14(15)23/h2-7H,8-9H2,1H3,(H,26,29)(H2,24,25,27). The predicted octanol–water partition coefficient (Wildman–Crippen LogP) is 4.84. The molecule has 3 N–H and O–H groups in total. The number of ether oxygens (including phenoxy) is 1. The van der Waals surface area contributed by atoms with Crippen LogP contribution in [0.5, 0.6) is 5.75 Å². The van der Waals surface area contributed by atoms with E-state index in [0.29, 0.717) is 32.2 Å². The first kappa shape index (κ1) is 20.4. The smallest absolute Gasteiger partial charge is 0.322 e. The number of methoxy groups -OCH3 is 1. The number of nitrogen functional groups attached to an aromatic ring is 1. The highest BCUT2D eigenvalue weighted by atomic mass is 79.9. The largest absolute Gasteiger partial charge is 0.496 e. The lowest BCUT2D eigenvalue weighted by atomic mass is 10.1. The Labute approximate surface area is 185 Å². The van der Waals surface area contributed by atoms with Gasteiger partial charge in [0.2, 0.25) is 5.95 Å². The van der Waals surface area contributed by atoms with Gasteiger partial charge in [-0.25, -0.2) is 19.2 Å². The highest BCUT2D eigenvalue weighted by Crippen LogP contribution is 2.39. The highest BCUT2D eigenvalue weighted by molar-refractivity contribution is 9.10. The molecule has 4 rings (SSSR count). The number of nitrogens with one attached hydrogen (secondary N) is 1. The summed E-state index contributed by atoms with van der Waals surface area (Å²) in [5.74, 6) is 0.131. The molecule has 2 aromatic carbocycles. The van der Waals surface area contributed by atoms with Gasteiger partial charge in [-0.05, 0) is 40.2 Å². The first-order valence-corrected chi connectivity index (χ1v) is 10.0. The summed E-state index contributed by atoms with van der Waals surface area (Å²) < 4.78 is 19.9. The summed E-state index contributed by atoms with van der Waals surface area (Å²) in [4.78, 5) is 22.8. The molecule has 2 heterocycles. The molecule has 0 aliphatic carbocycles. The minimum absolute atomic E-state index is 0.0677. The van der Waals surface area contributed by atoms with E-state index in [4.69, 9.17) is 22.1 Å². The number of hydrogen-bond donors (Lipinski definition) is 2. The summed E-state index contributed by atoms with van der Waals surface area (Å²) in [7, 11) is 1.55. The molecule has 0 fully saturated rings. The number of nitrogens with zero attached hydrogens (tertiary/aromatic N) is 3. The molecule has 0 unspecified atom stereocenters. The highest BCUT2D eigenvalue weighted by Gasteiger charge is 2.30. The monoisotopic (exact) mass is 491 g/mol. The quantitative estimate of drug-likeness (QED) is 0.546. The third-order valence-corrected chi connectivity index (χ3v) is 5.63. The molecule has 0 saturated heterocycles. The lowest BCUT2D eigenvalue weighted by molar-refractivity contribution is 0.212. The predicted molar refractivity (Wildman–Crippen MR) is 116 cm³/mol. The van der Waals surface area contributed by atoms with Crippen LogP contribution < -0.4 is 15.8 Å². The Morgan fingerprint density at radius 1 is 1.30 bits per heavy atom. The number of urea groups is 1. The van der Waals surface area contributed by atoms with Crippen LogP contribution in [0.4, 0.5) is 20.8 Å². The number of aromatic nitrogens is 2. The van der Waals surface area contributed by atoms with Gasteiger partial charge in [0.25, 0.3) is 0 Å². The van der Waals surface area contributed by atoms with Crippen molar-refractivity contribution in [3.8, 4) is 17.0 Å². The Bertz CT molecular complexity index is 1160. The van der Waals surface area contributed by atoms with Gasteiger partial charge in [0, 0.05) is 11.1 Å². The van der Waals surface area contributed by atoms with Crippen LogP contribution in [0.2, 0.25) is 5.02 Å². The van der Waals surface area contributed by atoms with E-state index in [1.807, 2.05) is 0 Å². The maximum absolute atomic E-state index is 13.9. The third-order valence-electron chi connectivity index (χ3n) is 4.70. The van der Waals surface area contributed by atoms with E-state index < -0.39 is 11.8 Å². The first-order chi connectivity index (χ1) is 14.4.